The van der Waals surface area contributed by atoms with Crippen LogP contribution in [-0.2, 0) is 19.6 Å². The molecule has 0 saturated carbocycles. The monoisotopic (exact) mass is 507 g/mol. The summed E-state index contributed by atoms with van der Waals surface area (Å²) < 4.78 is 0. The normalized spacial score (nSPS) is 17.4. The van der Waals surface area contributed by atoms with Gasteiger partial charge >= 0.3 is 0 Å². The van der Waals surface area contributed by atoms with Crippen molar-refractivity contribution in [2.75, 3.05) is 19.6 Å². The molecule has 1 saturated heterocycles. The molecule has 3 rings (SSSR count). The summed E-state index contributed by atoms with van der Waals surface area (Å²) in [7, 11) is 0. The first-order valence-corrected chi connectivity index (χ1v) is 10.4. The summed E-state index contributed by atoms with van der Waals surface area (Å²) in [6.07, 6.45) is 4.51. The Morgan fingerprint density at radius 3 is 2.62 bits per heavy atom. The number of aromatic nitrogens is 1. The van der Waals surface area contributed by atoms with Crippen LogP contribution in [0.25, 0.3) is 0 Å². The van der Waals surface area contributed by atoms with Gasteiger partial charge in [0.2, 0.25) is 0 Å². The van der Waals surface area contributed by atoms with E-state index in [-0.39, 0.29) is 24.0 Å². The maximum atomic E-state index is 4.71. The third kappa shape index (κ3) is 8.30. The van der Waals surface area contributed by atoms with E-state index in [1.165, 1.54) is 37.1 Å². The molecule has 1 unspecified atom stereocenters. The van der Waals surface area contributed by atoms with Crippen LogP contribution in [0.2, 0.25) is 0 Å². The predicted molar refractivity (Wildman–Crippen MR) is 131 cm³/mol. The van der Waals surface area contributed by atoms with Crippen LogP contribution in [0, 0.1) is 5.92 Å². The van der Waals surface area contributed by atoms with Gasteiger partial charge in [-0.1, -0.05) is 37.3 Å². The molecule has 1 aliphatic heterocycles. The highest BCUT2D eigenvalue weighted by atomic mass is 127. The zero-order valence-electron chi connectivity index (χ0n) is 17.6. The smallest absolute Gasteiger partial charge is 0.191 e. The van der Waals surface area contributed by atoms with Gasteiger partial charge in [0, 0.05) is 25.8 Å². The van der Waals surface area contributed by atoms with E-state index in [0.29, 0.717) is 13.1 Å². The van der Waals surface area contributed by atoms with E-state index in [9.17, 15) is 0 Å². The molecule has 0 amide bonds. The van der Waals surface area contributed by atoms with E-state index in [1.54, 1.807) is 0 Å². The summed E-state index contributed by atoms with van der Waals surface area (Å²) in [5, 5.41) is 6.64. The second kappa shape index (κ2) is 12.8. The summed E-state index contributed by atoms with van der Waals surface area (Å²) in [6.45, 7) is 10.1. The summed E-state index contributed by atoms with van der Waals surface area (Å²) in [5.41, 5.74) is 3.62. The average Bonchev–Trinajstić information content (AvgIpc) is 2.72. The van der Waals surface area contributed by atoms with Crippen LogP contribution in [0.1, 0.15) is 43.5 Å². The zero-order chi connectivity index (χ0) is 19.6. The zero-order valence-corrected chi connectivity index (χ0v) is 19.9. The Labute approximate surface area is 192 Å². The van der Waals surface area contributed by atoms with Crippen LogP contribution in [0.3, 0.4) is 0 Å². The van der Waals surface area contributed by atoms with E-state index in [1.807, 2.05) is 24.4 Å². The summed E-state index contributed by atoms with van der Waals surface area (Å²) >= 11 is 0. The predicted octanol–water partition coefficient (Wildman–Crippen LogP) is 4.19. The van der Waals surface area contributed by atoms with Gasteiger partial charge in [-0.2, -0.15) is 0 Å². The van der Waals surface area contributed by atoms with Crippen molar-refractivity contribution in [3.8, 4) is 0 Å². The molecule has 0 bridgehead atoms. The Kier molecular flexibility index (Phi) is 10.4. The third-order valence-electron chi connectivity index (χ3n) is 5.10. The van der Waals surface area contributed by atoms with E-state index in [2.05, 4.69) is 58.6 Å². The minimum absolute atomic E-state index is 0. The number of hydrogen-bond donors (Lipinski definition) is 2. The van der Waals surface area contributed by atoms with Gasteiger partial charge < -0.3 is 10.6 Å². The Morgan fingerprint density at radius 1 is 1.14 bits per heavy atom. The summed E-state index contributed by atoms with van der Waals surface area (Å²) in [6, 6.07) is 14.8. The lowest BCUT2D eigenvalue weighted by molar-refractivity contribution is 0.176. The standard InChI is InChI=1S/C23H33N5.HI/c1-3-24-23(27-16-22-8-4-5-13-25-22)26-15-20-9-11-21(12-10-20)18-28-14-6-7-19(2)17-28;/h4-5,8-13,19H,3,6-7,14-18H2,1-2H3,(H2,24,26,27);1H. The molecule has 6 heteroatoms. The van der Waals surface area contributed by atoms with E-state index in [0.717, 1.165) is 30.7 Å². The van der Waals surface area contributed by atoms with Gasteiger partial charge in [-0.05, 0) is 55.5 Å². The molecule has 2 heterocycles. The van der Waals surface area contributed by atoms with Crippen molar-refractivity contribution in [1.29, 1.82) is 0 Å². The number of likely N-dealkylation sites (tertiary alicyclic amines) is 1. The topological polar surface area (TPSA) is 52.6 Å². The number of hydrogen-bond acceptors (Lipinski definition) is 3. The molecular weight excluding hydrogens is 473 g/mol. The minimum atomic E-state index is 0. The SMILES string of the molecule is CCNC(=NCc1ccc(CN2CCCC(C)C2)cc1)NCc1ccccn1.I. The van der Waals surface area contributed by atoms with Gasteiger partial charge in [0.1, 0.15) is 0 Å². The molecule has 0 spiro atoms. The number of halogens is 1. The molecule has 5 nitrogen and oxygen atoms in total. The molecule has 1 aromatic carbocycles. The summed E-state index contributed by atoms with van der Waals surface area (Å²) in [4.78, 5) is 11.6. The van der Waals surface area contributed by atoms with Gasteiger partial charge in [-0.3, -0.25) is 9.88 Å². The number of pyridine rings is 1. The van der Waals surface area contributed by atoms with Gasteiger partial charge in [0.05, 0.1) is 18.8 Å². The van der Waals surface area contributed by atoms with Crippen molar-refractivity contribution in [1.82, 2.24) is 20.5 Å². The fourth-order valence-electron chi connectivity index (χ4n) is 3.63. The van der Waals surface area contributed by atoms with Crippen molar-refractivity contribution in [2.45, 2.75) is 46.3 Å². The largest absolute Gasteiger partial charge is 0.357 e. The van der Waals surface area contributed by atoms with Crippen molar-refractivity contribution in [2.24, 2.45) is 10.9 Å². The van der Waals surface area contributed by atoms with E-state index in [4.69, 9.17) is 4.99 Å². The van der Waals surface area contributed by atoms with Crippen LogP contribution in [0.5, 0.6) is 0 Å². The molecule has 1 aliphatic rings. The van der Waals surface area contributed by atoms with Gasteiger partial charge in [-0.15, -0.1) is 24.0 Å². The maximum Gasteiger partial charge on any atom is 0.191 e. The highest BCUT2D eigenvalue weighted by Gasteiger charge is 2.16. The summed E-state index contributed by atoms with van der Waals surface area (Å²) in [5.74, 6) is 1.64. The Morgan fingerprint density at radius 2 is 1.93 bits per heavy atom. The van der Waals surface area contributed by atoms with Crippen molar-refractivity contribution in [3.63, 3.8) is 0 Å². The van der Waals surface area contributed by atoms with Crippen LogP contribution in [0.15, 0.2) is 53.7 Å². The Bertz CT molecular complexity index is 733. The number of piperidine rings is 1. The second-order valence-electron chi connectivity index (χ2n) is 7.67. The molecule has 1 fully saturated rings. The molecule has 1 atom stereocenters. The highest BCUT2D eigenvalue weighted by Crippen LogP contribution is 2.18. The van der Waals surface area contributed by atoms with Crippen LogP contribution in [-0.4, -0.2) is 35.5 Å². The molecule has 29 heavy (non-hydrogen) atoms. The van der Waals surface area contributed by atoms with Crippen molar-refractivity contribution in [3.05, 3.63) is 65.5 Å². The fraction of sp³-hybridized carbons (Fsp3) is 0.478. The molecule has 2 N–H and O–H groups in total. The number of nitrogens with zero attached hydrogens (tertiary/aromatic N) is 3. The highest BCUT2D eigenvalue weighted by molar-refractivity contribution is 14.0. The first-order chi connectivity index (χ1) is 13.7. The minimum Gasteiger partial charge on any atom is -0.357 e. The quantitative estimate of drug-likeness (QED) is 0.336. The lowest BCUT2D eigenvalue weighted by Gasteiger charge is -2.30. The van der Waals surface area contributed by atoms with Crippen LogP contribution in [0.4, 0.5) is 0 Å². The lowest BCUT2D eigenvalue weighted by Crippen LogP contribution is -2.37. The Balaban J connectivity index is 0.00000300. The molecule has 2 aromatic rings. The number of guanidine groups is 1. The number of benzene rings is 1. The first-order valence-electron chi connectivity index (χ1n) is 10.4. The number of rotatable bonds is 7. The average molecular weight is 507 g/mol. The second-order valence-corrected chi connectivity index (χ2v) is 7.67. The lowest BCUT2D eigenvalue weighted by atomic mass is 9.99. The molecule has 0 radical (unpaired) electrons. The Hall–Kier alpha value is -1.67. The van der Waals surface area contributed by atoms with Crippen molar-refractivity contribution < 1.29 is 0 Å². The maximum absolute atomic E-state index is 4.71. The van der Waals surface area contributed by atoms with Gasteiger partial charge in [0.25, 0.3) is 0 Å². The van der Waals surface area contributed by atoms with E-state index >= 15 is 0 Å². The van der Waals surface area contributed by atoms with Crippen LogP contribution >= 0.6 is 24.0 Å². The van der Waals surface area contributed by atoms with Crippen LogP contribution < -0.4 is 10.6 Å². The molecule has 0 aliphatic carbocycles. The van der Waals surface area contributed by atoms with Crippen molar-refractivity contribution >= 4 is 29.9 Å². The van der Waals surface area contributed by atoms with Gasteiger partial charge in [0.15, 0.2) is 5.96 Å². The number of aliphatic imine (C=N–C) groups is 1. The molecule has 158 valence electrons. The first kappa shape index (κ1) is 23.6. The van der Waals surface area contributed by atoms with Gasteiger partial charge in [-0.25, -0.2) is 4.99 Å². The fourth-order valence-corrected chi connectivity index (χ4v) is 3.63. The number of nitrogens with one attached hydrogen (secondary N) is 2. The van der Waals surface area contributed by atoms with E-state index < -0.39 is 0 Å². The third-order valence-corrected chi connectivity index (χ3v) is 5.10. The molecule has 1 aromatic heterocycles. The molecular formula is C23H34IN5.